The van der Waals surface area contributed by atoms with Crippen molar-refractivity contribution in [1.82, 2.24) is 9.88 Å². The van der Waals surface area contributed by atoms with Crippen LogP contribution in [0.25, 0.3) is 0 Å². The number of halogens is 3. The molecule has 0 aromatic carbocycles. The fourth-order valence-electron chi connectivity index (χ4n) is 1.81. The largest absolute Gasteiger partial charge is 0.417 e. The molecular weight excluding hydrogens is 255 g/mol. The number of hydrogen-bond acceptors (Lipinski definition) is 3. The molecule has 0 fully saturated rings. The van der Waals surface area contributed by atoms with Crippen molar-refractivity contribution < 1.29 is 13.2 Å². The first-order valence-electron chi connectivity index (χ1n) is 6.39. The maximum Gasteiger partial charge on any atom is 0.417 e. The zero-order valence-corrected chi connectivity index (χ0v) is 11.5. The minimum atomic E-state index is -4.33. The Kier molecular flexibility index (Phi) is 5.60. The number of pyridine rings is 1. The summed E-state index contributed by atoms with van der Waals surface area (Å²) < 4.78 is 37.1. The molecule has 1 aromatic heterocycles. The van der Waals surface area contributed by atoms with Gasteiger partial charge in [0.2, 0.25) is 0 Å². The second kappa shape index (κ2) is 6.75. The van der Waals surface area contributed by atoms with E-state index in [0.717, 1.165) is 31.9 Å². The molecule has 1 rings (SSSR count). The molecule has 0 aliphatic rings. The molecule has 0 amide bonds. The van der Waals surface area contributed by atoms with E-state index < -0.39 is 11.7 Å². The third-order valence-electron chi connectivity index (χ3n) is 2.91. The molecule has 0 bridgehead atoms. The van der Waals surface area contributed by atoms with Crippen LogP contribution >= 0.6 is 0 Å². The minimum absolute atomic E-state index is 0.129. The standard InChI is InChI=1S/C13H20F3N3/c1-4-19(5-2)9-10(3)18-12-7-6-11(8-17-12)13(14,15)16/h6-8,10H,4-5,9H2,1-3H3,(H,17,18). The number of rotatable bonds is 6. The summed E-state index contributed by atoms with van der Waals surface area (Å²) in [4.78, 5) is 6.03. The van der Waals surface area contributed by atoms with Gasteiger partial charge in [-0.1, -0.05) is 13.8 Å². The molecule has 19 heavy (non-hydrogen) atoms. The van der Waals surface area contributed by atoms with Crippen molar-refractivity contribution in [3.8, 4) is 0 Å². The van der Waals surface area contributed by atoms with Gasteiger partial charge in [-0.15, -0.1) is 0 Å². The van der Waals surface area contributed by atoms with Crippen LogP contribution in [0.2, 0.25) is 0 Å². The van der Waals surface area contributed by atoms with E-state index in [0.29, 0.717) is 5.82 Å². The van der Waals surface area contributed by atoms with Gasteiger partial charge in [0, 0.05) is 18.8 Å². The van der Waals surface area contributed by atoms with E-state index in [1.807, 2.05) is 6.92 Å². The third kappa shape index (κ3) is 5.06. The maximum atomic E-state index is 12.4. The van der Waals surface area contributed by atoms with Gasteiger partial charge in [-0.25, -0.2) is 4.98 Å². The Labute approximate surface area is 111 Å². The summed E-state index contributed by atoms with van der Waals surface area (Å²) in [5.41, 5.74) is -0.727. The number of alkyl halides is 3. The normalized spacial score (nSPS) is 13.6. The molecule has 0 saturated carbocycles. The topological polar surface area (TPSA) is 28.2 Å². The fourth-order valence-corrected chi connectivity index (χ4v) is 1.81. The summed E-state index contributed by atoms with van der Waals surface area (Å²) in [5, 5.41) is 3.10. The van der Waals surface area contributed by atoms with Crippen LogP contribution in [0, 0.1) is 0 Å². The number of nitrogens with one attached hydrogen (secondary N) is 1. The highest BCUT2D eigenvalue weighted by molar-refractivity contribution is 5.37. The van der Waals surface area contributed by atoms with Gasteiger partial charge < -0.3 is 10.2 Å². The molecule has 0 aliphatic heterocycles. The van der Waals surface area contributed by atoms with Crippen molar-refractivity contribution in [2.45, 2.75) is 33.0 Å². The highest BCUT2D eigenvalue weighted by Gasteiger charge is 2.30. The van der Waals surface area contributed by atoms with Gasteiger partial charge in [0.05, 0.1) is 5.56 Å². The Morgan fingerprint density at radius 2 is 1.89 bits per heavy atom. The second-order valence-corrected chi connectivity index (χ2v) is 4.46. The monoisotopic (exact) mass is 275 g/mol. The maximum absolute atomic E-state index is 12.4. The van der Waals surface area contributed by atoms with Crippen molar-refractivity contribution in [3.05, 3.63) is 23.9 Å². The Morgan fingerprint density at radius 3 is 2.32 bits per heavy atom. The Morgan fingerprint density at radius 1 is 1.26 bits per heavy atom. The molecule has 0 radical (unpaired) electrons. The SMILES string of the molecule is CCN(CC)CC(C)Nc1ccc(C(F)(F)F)cn1. The number of nitrogens with zero attached hydrogens (tertiary/aromatic N) is 2. The molecule has 1 unspecified atom stereocenters. The van der Waals surface area contributed by atoms with Gasteiger partial charge in [-0.2, -0.15) is 13.2 Å². The highest BCUT2D eigenvalue weighted by Crippen LogP contribution is 2.28. The van der Waals surface area contributed by atoms with Gasteiger partial charge in [-0.05, 0) is 32.1 Å². The summed E-state index contributed by atoms with van der Waals surface area (Å²) in [6.07, 6.45) is -3.48. The van der Waals surface area contributed by atoms with Gasteiger partial charge in [-0.3, -0.25) is 0 Å². The summed E-state index contributed by atoms with van der Waals surface area (Å²) in [7, 11) is 0. The number of likely N-dealkylation sites (N-methyl/N-ethyl adjacent to an activating group) is 1. The summed E-state index contributed by atoms with van der Waals surface area (Å²) >= 11 is 0. The van der Waals surface area contributed by atoms with Crippen LogP contribution in [0.3, 0.4) is 0 Å². The first-order chi connectivity index (χ1) is 8.86. The summed E-state index contributed by atoms with van der Waals surface area (Å²) in [5.74, 6) is 0.465. The van der Waals surface area contributed by atoms with E-state index in [9.17, 15) is 13.2 Å². The van der Waals surface area contributed by atoms with E-state index in [4.69, 9.17) is 0 Å². The Balaban J connectivity index is 2.58. The predicted molar refractivity (Wildman–Crippen MR) is 70.1 cm³/mol. The average molecular weight is 275 g/mol. The van der Waals surface area contributed by atoms with Crippen molar-refractivity contribution in [1.29, 1.82) is 0 Å². The average Bonchev–Trinajstić information content (AvgIpc) is 2.35. The van der Waals surface area contributed by atoms with E-state index in [-0.39, 0.29) is 6.04 Å². The molecule has 1 N–H and O–H groups in total. The summed E-state index contributed by atoms with van der Waals surface area (Å²) in [6, 6.07) is 2.53. The molecule has 0 saturated heterocycles. The van der Waals surface area contributed by atoms with Crippen molar-refractivity contribution in [2.24, 2.45) is 0 Å². The zero-order valence-electron chi connectivity index (χ0n) is 11.5. The van der Waals surface area contributed by atoms with Crippen LogP contribution in [0.1, 0.15) is 26.3 Å². The lowest BCUT2D eigenvalue weighted by atomic mass is 10.2. The van der Waals surface area contributed by atoms with Gasteiger partial charge in [0.15, 0.2) is 0 Å². The van der Waals surface area contributed by atoms with Crippen LogP contribution in [0.15, 0.2) is 18.3 Å². The van der Waals surface area contributed by atoms with E-state index in [1.165, 1.54) is 6.07 Å². The van der Waals surface area contributed by atoms with Gasteiger partial charge in [0.25, 0.3) is 0 Å². The van der Waals surface area contributed by atoms with Crippen LogP contribution in [0.5, 0.6) is 0 Å². The van der Waals surface area contributed by atoms with E-state index in [2.05, 4.69) is 29.0 Å². The molecular formula is C13H20F3N3. The summed E-state index contributed by atoms with van der Waals surface area (Å²) in [6.45, 7) is 8.86. The second-order valence-electron chi connectivity index (χ2n) is 4.46. The predicted octanol–water partition coefficient (Wildman–Crippen LogP) is 3.24. The minimum Gasteiger partial charge on any atom is -0.366 e. The Hall–Kier alpha value is -1.30. The lowest BCUT2D eigenvalue weighted by molar-refractivity contribution is -0.137. The fraction of sp³-hybridized carbons (Fsp3) is 0.615. The van der Waals surface area contributed by atoms with Crippen LogP contribution in [0.4, 0.5) is 19.0 Å². The molecule has 1 atom stereocenters. The Bertz CT molecular complexity index is 372. The van der Waals surface area contributed by atoms with Crippen LogP contribution in [-0.2, 0) is 6.18 Å². The molecule has 1 heterocycles. The van der Waals surface area contributed by atoms with E-state index >= 15 is 0 Å². The van der Waals surface area contributed by atoms with Crippen LogP contribution in [-0.4, -0.2) is 35.6 Å². The number of anilines is 1. The van der Waals surface area contributed by atoms with E-state index in [1.54, 1.807) is 0 Å². The molecule has 108 valence electrons. The lowest BCUT2D eigenvalue weighted by Gasteiger charge is -2.23. The quantitative estimate of drug-likeness (QED) is 0.864. The van der Waals surface area contributed by atoms with Crippen molar-refractivity contribution in [2.75, 3.05) is 25.0 Å². The van der Waals surface area contributed by atoms with Gasteiger partial charge >= 0.3 is 6.18 Å². The first kappa shape index (κ1) is 15.8. The molecule has 1 aromatic rings. The third-order valence-corrected chi connectivity index (χ3v) is 2.91. The zero-order chi connectivity index (χ0) is 14.5. The molecule has 6 heteroatoms. The van der Waals surface area contributed by atoms with Crippen molar-refractivity contribution >= 4 is 5.82 Å². The lowest BCUT2D eigenvalue weighted by Crippen LogP contribution is -2.34. The smallest absolute Gasteiger partial charge is 0.366 e. The molecule has 0 aliphatic carbocycles. The van der Waals surface area contributed by atoms with Crippen LogP contribution < -0.4 is 5.32 Å². The highest BCUT2D eigenvalue weighted by atomic mass is 19.4. The number of aromatic nitrogens is 1. The van der Waals surface area contributed by atoms with Crippen molar-refractivity contribution in [3.63, 3.8) is 0 Å². The first-order valence-corrected chi connectivity index (χ1v) is 6.39. The van der Waals surface area contributed by atoms with Gasteiger partial charge in [0.1, 0.15) is 5.82 Å². The number of hydrogen-bond donors (Lipinski definition) is 1. The molecule has 3 nitrogen and oxygen atoms in total. The molecule has 0 spiro atoms.